The Kier molecular flexibility index (Phi) is 5.60. The van der Waals surface area contributed by atoms with Gasteiger partial charge in [0.25, 0.3) is 0 Å². The maximum absolute atomic E-state index is 10.1. The molecule has 1 aromatic heterocycles. The van der Waals surface area contributed by atoms with Crippen LogP contribution in [0, 0.1) is 0 Å². The molecule has 3 atom stereocenters. The quantitative estimate of drug-likeness (QED) is 0.711. The molecule has 0 aliphatic carbocycles. The van der Waals surface area contributed by atoms with Crippen LogP contribution < -0.4 is 5.32 Å². The van der Waals surface area contributed by atoms with Gasteiger partial charge in [-0.25, -0.2) is 4.68 Å². The van der Waals surface area contributed by atoms with E-state index in [0.29, 0.717) is 19.2 Å². The van der Waals surface area contributed by atoms with E-state index in [1.807, 2.05) is 10.9 Å². The lowest BCUT2D eigenvalue weighted by atomic mass is 10.1. The van der Waals surface area contributed by atoms with Crippen LogP contribution in [0.5, 0.6) is 0 Å². The standard InChI is InChI=1S/C15H27N5O3/c1-11(2)16-15-13(21)10-23-14(15)9-20-8-12(17-18-20)7-19-3-5-22-6-4-19/h8,11,13-16,21H,3-7,9-10H2,1-2H3/t13-,14+,15+/m0/s1. The van der Waals surface area contributed by atoms with Crippen LogP contribution in [0.1, 0.15) is 19.5 Å². The highest BCUT2D eigenvalue weighted by Gasteiger charge is 2.36. The van der Waals surface area contributed by atoms with Gasteiger partial charge in [0.2, 0.25) is 0 Å². The number of hydrogen-bond acceptors (Lipinski definition) is 7. The summed E-state index contributed by atoms with van der Waals surface area (Å²) in [5.41, 5.74) is 0.957. The number of rotatable bonds is 6. The highest BCUT2D eigenvalue weighted by molar-refractivity contribution is 4.95. The highest BCUT2D eigenvalue weighted by Crippen LogP contribution is 2.17. The second-order valence-electron chi connectivity index (χ2n) is 6.61. The molecule has 130 valence electrons. The number of aliphatic hydroxyl groups is 1. The van der Waals surface area contributed by atoms with Gasteiger partial charge in [0.05, 0.1) is 50.3 Å². The highest BCUT2D eigenvalue weighted by atomic mass is 16.5. The van der Waals surface area contributed by atoms with Gasteiger partial charge in [-0.15, -0.1) is 5.10 Å². The van der Waals surface area contributed by atoms with E-state index >= 15 is 0 Å². The summed E-state index contributed by atoms with van der Waals surface area (Å²) in [5.74, 6) is 0. The normalized spacial score (nSPS) is 29.5. The fourth-order valence-corrected chi connectivity index (χ4v) is 3.12. The SMILES string of the molecule is CC(C)N[C@@H]1[C@@H](O)CO[C@@H]1Cn1cc(CN2CCOCC2)nn1. The van der Waals surface area contributed by atoms with Crippen LogP contribution in [0.4, 0.5) is 0 Å². The first kappa shape index (κ1) is 16.8. The molecule has 3 rings (SSSR count). The summed E-state index contributed by atoms with van der Waals surface area (Å²) in [6, 6.07) is 0.230. The van der Waals surface area contributed by atoms with E-state index < -0.39 is 6.10 Å². The first-order valence-corrected chi connectivity index (χ1v) is 8.36. The van der Waals surface area contributed by atoms with Crippen molar-refractivity contribution >= 4 is 0 Å². The van der Waals surface area contributed by atoms with Crippen molar-refractivity contribution in [2.45, 2.75) is 51.2 Å². The lowest BCUT2D eigenvalue weighted by molar-refractivity contribution is 0.0336. The smallest absolute Gasteiger partial charge is 0.0967 e. The Morgan fingerprint density at radius 2 is 2.17 bits per heavy atom. The van der Waals surface area contributed by atoms with Gasteiger partial charge in [-0.05, 0) is 0 Å². The van der Waals surface area contributed by atoms with E-state index in [2.05, 4.69) is 34.4 Å². The Balaban J connectivity index is 1.55. The van der Waals surface area contributed by atoms with Crippen molar-refractivity contribution in [2.75, 3.05) is 32.9 Å². The molecule has 0 aromatic carbocycles. The fraction of sp³-hybridized carbons (Fsp3) is 0.867. The molecule has 2 N–H and O–H groups in total. The molecule has 23 heavy (non-hydrogen) atoms. The summed E-state index contributed by atoms with van der Waals surface area (Å²) < 4.78 is 12.9. The largest absolute Gasteiger partial charge is 0.389 e. The average Bonchev–Trinajstić information content (AvgIpc) is 3.09. The molecule has 0 unspecified atom stereocenters. The van der Waals surface area contributed by atoms with Crippen molar-refractivity contribution in [3.63, 3.8) is 0 Å². The van der Waals surface area contributed by atoms with Crippen LogP contribution >= 0.6 is 0 Å². The summed E-state index contributed by atoms with van der Waals surface area (Å²) in [4.78, 5) is 2.32. The van der Waals surface area contributed by atoms with E-state index in [-0.39, 0.29) is 12.1 Å². The van der Waals surface area contributed by atoms with Crippen molar-refractivity contribution in [1.29, 1.82) is 0 Å². The lowest BCUT2D eigenvalue weighted by Crippen LogP contribution is -2.48. The monoisotopic (exact) mass is 325 g/mol. The van der Waals surface area contributed by atoms with Crippen molar-refractivity contribution in [2.24, 2.45) is 0 Å². The number of morpholine rings is 1. The lowest BCUT2D eigenvalue weighted by Gasteiger charge is -2.25. The van der Waals surface area contributed by atoms with Crippen LogP contribution in [-0.2, 0) is 22.6 Å². The molecule has 0 bridgehead atoms. The maximum atomic E-state index is 10.1. The Hall–Kier alpha value is -1.06. The zero-order chi connectivity index (χ0) is 16.2. The Labute approximate surface area is 136 Å². The number of nitrogens with zero attached hydrogens (tertiary/aromatic N) is 4. The predicted molar refractivity (Wildman–Crippen MR) is 83.9 cm³/mol. The van der Waals surface area contributed by atoms with Crippen molar-refractivity contribution < 1.29 is 14.6 Å². The summed E-state index contributed by atoms with van der Waals surface area (Å²) in [6.45, 7) is 9.33. The molecule has 0 spiro atoms. The molecule has 2 aliphatic heterocycles. The van der Waals surface area contributed by atoms with Crippen LogP contribution in [-0.4, -0.2) is 82.2 Å². The Bertz CT molecular complexity index is 489. The third-order valence-electron chi connectivity index (χ3n) is 4.26. The van der Waals surface area contributed by atoms with Crippen LogP contribution in [0.25, 0.3) is 0 Å². The van der Waals surface area contributed by atoms with Crippen molar-refractivity contribution in [3.8, 4) is 0 Å². The van der Waals surface area contributed by atoms with Gasteiger partial charge < -0.3 is 19.9 Å². The van der Waals surface area contributed by atoms with E-state index in [9.17, 15) is 5.11 Å². The van der Waals surface area contributed by atoms with E-state index in [1.165, 1.54) is 0 Å². The molecule has 2 fully saturated rings. The minimum atomic E-state index is -0.473. The van der Waals surface area contributed by atoms with Gasteiger partial charge >= 0.3 is 0 Å². The van der Waals surface area contributed by atoms with Gasteiger partial charge in [-0.3, -0.25) is 4.90 Å². The molecule has 8 nitrogen and oxygen atoms in total. The first-order chi connectivity index (χ1) is 11.1. The van der Waals surface area contributed by atoms with Gasteiger partial charge in [0.1, 0.15) is 0 Å². The molecule has 0 radical (unpaired) electrons. The zero-order valence-electron chi connectivity index (χ0n) is 13.9. The van der Waals surface area contributed by atoms with Crippen LogP contribution in [0.15, 0.2) is 6.20 Å². The number of aromatic nitrogens is 3. The second-order valence-corrected chi connectivity index (χ2v) is 6.61. The number of ether oxygens (including phenoxy) is 2. The van der Waals surface area contributed by atoms with E-state index in [4.69, 9.17) is 9.47 Å². The minimum absolute atomic E-state index is 0.0677. The summed E-state index contributed by atoms with van der Waals surface area (Å²) in [6.07, 6.45) is 1.40. The molecule has 0 saturated carbocycles. The second kappa shape index (κ2) is 7.67. The third-order valence-corrected chi connectivity index (χ3v) is 4.26. The zero-order valence-corrected chi connectivity index (χ0v) is 13.9. The Morgan fingerprint density at radius 1 is 1.39 bits per heavy atom. The molecule has 3 heterocycles. The van der Waals surface area contributed by atoms with E-state index in [0.717, 1.165) is 38.5 Å². The number of nitrogens with one attached hydrogen (secondary N) is 1. The number of aliphatic hydroxyl groups excluding tert-OH is 1. The predicted octanol–water partition coefficient (Wildman–Crippen LogP) is -0.763. The first-order valence-electron chi connectivity index (χ1n) is 8.36. The molecular weight excluding hydrogens is 298 g/mol. The molecule has 8 heteroatoms. The van der Waals surface area contributed by atoms with Crippen molar-refractivity contribution in [3.05, 3.63) is 11.9 Å². The van der Waals surface area contributed by atoms with Gasteiger partial charge in [0.15, 0.2) is 0 Å². The van der Waals surface area contributed by atoms with Crippen molar-refractivity contribution in [1.82, 2.24) is 25.2 Å². The molecule has 2 aliphatic rings. The average molecular weight is 325 g/mol. The number of hydrogen-bond donors (Lipinski definition) is 2. The van der Waals surface area contributed by atoms with Gasteiger partial charge in [-0.2, -0.15) is 0 Å². The minimum Gasteiger partial charge on any atom is -0.389 e. The fourth-order valence-electron chi connectivity index (χ4n) is 3.12. The maximum Gasteiger partial charge on any atom is 0.0967 e. The van der Waals surface area contributed by atoms with Crippen LogP contribution in [0.2, 0.25) is 0 Å². The van der Waals surface area contributed by atoms with Gasteiger partial charge in [-0.1, -0.05) is 19.1 Å². The van der Waals surface area contributed by atoms with Crippen LogP contribution in [0.3, 0.4) is 0 Å². The third kappa shape index (κ3) is 4.48. The molecule has 0 amide bonds. The topological polar surface area (TPSA) is 84.7 Å². The summed E-state index contributed by atoms with van der Waals surface area (Å²) in [5, 5.41) is 21.9. The molecule has 1 aromatic rings. The van der Waals surface area contributed by atoms with Gasteiger partial charge in [0, 0.05) is 31.9 Å². The molecule has 2 saturated heterocycles. The summed E-state index contributed by atoms with van der Waals surface area (Å²) in [7, 11) is 0. The molecular formula is C15H27N5O3. The Morgan fingerprint density at radius 3 is 2.91 bits per heavy atom. The van der Waals surface area contributed by atoms with E-state index in [1.54, 1.807) is 0 Å². The summed E-state index contributed by atoms with van der Waals surface area (Å²) >= 11 is 0.